The largest absolute Gasteiger partial charge is 0.455 e. The van der Waals surface area contributed by atoms with E-state index in [4.69, 9.17) is 9.15 Å². The topological polar surface area (TPSA) is 85.6 Å². The Morgan fingerprint density at radius 3 is 2.40 bits per heavy atom. The Labute approximate surface area is 174 Å². The zero-order valence-electron chi connectivity index (χ0n) is 17.5. The molecule has 0 fully saturated rings. The van der Waals surface area contributed by atoms with Crippen molar-refractivity contribution in [3.63, 3.8) is 0 Å². The maximum Gasteiger partial charge on any atom is 0.342 e. The number of amides is 1. The molecule has 0 bridgehead atoms. The van der Waals surface area contributed by atoms with Gasteiger partial charge in [0.25, 0.3) is 5.91 Å². The van der Waals surface area contributed by atoms with Crippen LogP contribution in [0.5, 0.6) is 0 Å². The molecule has 1 atom stereocenters. The lowest BCUT2D eigenvalue weighted by Gasteiger charge is -2.17. The highest BCUT2D eigenvalue weighted by Crippen LogP contribution is 2.27. The van der Waals surface area contributed by atoms with Crippen molar-refractivity contribution in [3.8, 4) is 11.3 Å². The van der Waals surface area contributed by atoms with Crippen molar-refractivity contribution in [2.45, 2.75) is 33.7 Å². The molecule has 0 saturated heterocycles. The number of esters is 1. The molecule has 0 unspecified atom stereocenters. The van der Waals surface area contributed by atoms with Crippen molar-refractivity contribution in [1.82, 2.24) is 5.32 Å². The number of para-hydroxylation sites is 1. The van der Waals surface area contributed by atoms with Gasteiger partial charge in [0.15, 0.2) is 17.6 Å². The van der Waals surface area contributed by atoms with Gasteiger partial charge in [0.1, 0.15) is 11.3 Å². The molecular weight excluding hydrogens is 382 g/mol. The van der Waals surface area contributed by atoms with Crippen molar-refractivity contribution >= 4 is 22.8 Å². The zero-order valence-corrected chi connectivity index (χ0v) is 17.5. The summed E-state index contributed by atoms with van der Waals surface area (Å²) < 4.78 is 11.2. The van der Waals surface area contributed by atoms with Crippen LogP contribution in [0.3, 0.4) is 0 Å². The van der Waals surface area contributed by atoms with E-state index in [2.05, 4.69) is 5.32 Å². The number of ether oxygens (including phenoxy) is 1. The van der Waals surface area contributed by atoms with Gasteiger partial charge in [-0.05, 0) is 31.9 Å². The molecule has 3 rings (SSSR count). The van der Waals surface area contributed by atoms with Crippen molar-refractivity contribution < 1.29 is 18.7 Å². The third kappa shape index (κ3) is 4.43. The number of carbonyl (C=O) groups excluding carboxylic acids is 2. The molecule has 1 aromatic heterocycles. The van der Waals surface area contributed by atoms with E-state index in [0.717, 1.165) is 5.56 Å². The van der Waals surface area contributed by atoms with Crippen LogP contribution in [-0.4, -0.2) is 24.5 Å². The highest BCUT2D eigenvalue weighted by atomic mass is 16.5. The second kappa shape index (κ2) is 8.95. The van der Waals surface area contributed by atoms with Crippen LogP contribution in [0.2, 0.25) is 0 Å². The molecule has 0 aliphatic carbocycles. The minimum Gasteiger partial charge on any atom is -0.455 e. The first kappa shape index (κ1) is 21.3. The van der Waals surface area contributed by atoms with Crippen LogP contribution in [0, 0.1) is 12.8 Å². The minimum atomic E-state index is -0.723. The minimum absolute atomic E-state index is 0.0387. The van der Waals surface area contributed by atoms with Gasteiger partial charge in [-0.2, -0.15) is 0 Å². The van der Waals surface area contributed by atoms with Crippen LogP contribution in [0.4, 0.5) is 0 Å². The second-order valence-electron chi connectivity index (χ2n) is 7.61. The Balaban J connectivity index is 1.93. The Kier molecular flexibility index (Phi) is 6.35. The summed E-state index contributed by atoms with van der Waals surface area (Å²) in [4.78, 5) is 37.6. The molecule has 30 heavy (non-hydrogen) atoms. The van der Waals surface area contributed by atoms with E-state index in [0.29, 0.717) is 16.7 Å². The molecule has 1 N–H and O–H groups in total. The molecular formula is C24H25NO5. The van der Waals surface area contributed by atoms with Crippen LogP contribution in [0.25, 0.3) is 22.3 Å². The summed E-state index contributed by atoms with van der Waals surface area (Å²) in [6.45, 7) is 7.15. The lowest BCUT2D eigenvalue weighted by Crippen LogP contribution is -2.38. The second-order valence-corrected chi connectivity index (χ2v) is 7.61. The summed E-state index contributed by atoms with van der Waals surface area (Å²) in [5, 5.41) is 3.07. The highest BCUT2D eigenvalue weighted by molar-refractivity contribution is 6.02. The number of hydrogen-bond acceptors (Lipinski definition) is 5. The van der Waals surface area contributed by atoms with E-state index in [-0.39, 0.29) is 34.4 Å². The molecule has 0 spiro atoms. The van der Waals surface area contributed by atoms with Crippen LogP contribution in [0.1, 0.15) is 36.7 Å². The Hall–Kier alpha value is -3.41. The van der Waals surface area contributed by atoms with Crippen LogP contribution < -0.4 is 10.7 Å². The molecule has 6 heteroatoms. The predicted octanol–water partition coefficient (Wildman–Crippen LogP) is 4.09. The van der Waals surface area contributed by atoms with Gasteiger partial charge < -0.3 is 14.5 Å². The van der Waals surface area contributed by atoms with E-state index >= 15 is 0 Å². The molecule has 156 valence electrons. The summed E-state index contributed by atoms with van der Waals surface area (Å²) >= 11 is 0. The van der Waals surface area contributed by atoms with Gasteiger partial charge in [0, 0.05) is 17.2 Å². The third-order valence-corrected chi connectivity index (χ3v) is 5.12. The Bertz CT molecular complexity index is 1130. The molecule has 3 aromatic rings. The molecule has 0 saturated carbocycles. The number of rotatable bonds is 6. The fourth-order valence-electron chi connectivity index (χ4n) is 3.01. The van der Waals surface area contributed by atoms with Crippen molar-refractivity contribution in [3.05, 3.63) is 69.9 Å². The van der Waals surface area contributed by atoms with Gasteiger partial charge in [-0.1, -0.05) is 50.2 Å². The maximum absolute atomic E-state index is 12.9. The number of carbonyl (C=O) groups is 2. The summed E-state index contributed by atoms with van der Waals surface area (Å²) in [5.74, 6) is -0.445. The molecule has 1 heterocycles. The number of hydrogen-bond donors (Lipinski definition) is 1. The average Bonchev–Trinajstić information content (AvgIpc) is 2.74. The first-order valence-electron chi connectivity index (χ1n) is 9.88. The number of fused-ring (bicyclic) bond motifs is 1. The molecule has 1 amide bonds. The number of nitrogens with one attached hydrogen (secondary N) is 1. The van der Waals surface area contributed by atoms with Crippen molar-refractivity contribution in [1.29, 1.82) is 0 Å². The van der Waals surface area contributed by atoms with Crippen LogP contribution >= 0.6 is 0 Å². The lowest BCUT2D eigenvalue weighted by atomic mass is 10.0. The van der Waals surface area contributed by atoms with E-state index in [9.17, 15) is 14.4 Å². The average molecular weight is 407 g/mol. The SMILES string of the molecule is Cc1c(-c2ccccc2)oc2c(C(=O)OCC(=O)N[C@@H](C)C(C)C)cccc2c1=O. The van der Waals surface area contributed by atoms with E-state index in [1.807, 2.05) is 51.1 Å². The van der Waals surface area contributed by atoms with Gasteiger partial charge in [-0.15, -0.1) is 0 Å². The maximum atomic E-state index is 12.9. The van der Waals surface area contributed by atoms with Gasteiger partial charge in [0.2, 0.25) is 0 Å². The highest BCUT2D eigenvalue weighted by Gasteiger charge is 2.20. The first-order valence-corrected chi connectivity index (χ1v) is 9.88. The summed E-state index contributed by atoms with van der Waals surface area (Å²) in [5.41, 5.74) is 1.23. The standard InChI is InChI=1S/C24H25NO5/c1-14(2)16(4)25-20(26)13-29-24(28)19-12-8-11-18-21(27)15(3)22(30-23(18)19)17-9-6-5-7-10-17/h5-12,14,16H,13H2,1-4H3,(H,25,26)/t16-/m0/s1. The fraction of sp³-hybridized carbons (Fsp3) is 0.292. The van der Waals surface area contributed by atoms with Gasteiger partial charge in [0.05, 0.1) is 5.39 Å². The predicted molar refractivity (Wildman–Crippen MR) is 115 cm³/mol. The van der Waals surface area contributed by atoms with Gasteiger partial charge in [-0.25, -0.2) is 4.79 Å². The smallest absolute Gasteiger partial charge is 0.342 e. The monoisotopic (exact) mass is 407 g/mol. The van der Waals surface area contributed by atoms with Crippen molar-refractivity contribution in [2.24, 2.45) is 5.92 Å². The molecule has 0 aliphatic heterocycles. The molecule has 2 aromatic carbocycles. The quantitative estimate of drug-likeness (QED) is 0.622. The summed E-state index contributed by atoms with van der Waals surface area (Å²) in [6, 6.07) is 13.9. The van der Waals surface area contributed by atoms with E-state index in [1.165, 1.54) is 6.07 Å². The fourth-order valence-corrected chi connectivity index (χ4v) is 3.01. The Morgan fingerprint density at radius 1 is 1.03 bits per heavy atom. The van der Waals surface area contributed by atoms with Crippen LogP contribution in [0.15, 0.2) is 57.7 Å². The normalized spacial score (nSPS) is 12.0. The zero-order chi connectivity index (χ0) is 21.8. The van der Waals surface area contributed by atoms with Crippen LogP contribution in [-0.2, 0) is 9.53 Å². The third-order valence-electron chi connectivity index (χ3n) is 5.12. The van der Waals surface area contributed by atoms with Crippen molar-refractivity contribution in [2.75, 3.05) is 6.61 Å². The first-order chi connectivity index (χ1) is 14.3. The van der Waals surface area contributed by atoms with Gasteiger partial charge in [-0.3, -0.25) is 9.59 Å². The Morgan fingerprint density at radius 2 is 1.73 bits per heavy atom. The lowest BCUT2D eigenvalue weighted by molar-refractivity contribution is -0.125. The van der Waals surface area contributed by atoms with Gasteiger partial charge >= 0.3 is 5.97 Å². The van der Waals surface area contributed by atoms with E-state index in [1.54, 1.807) is 19.1 Å². The number of benzene rings is 2. The van der Waals surface area contributed by atoms with E-state index < -0.39 is 12.6 Å². The molecule has 0 aliphatic rings. The summed E-state index contributed by atoms with van der Waals surface area (Å²) in [7, 11) is 0. The molecule has 0 radical (unpaired) electrons. The molecule has 6 nitrogen and oxygen atoms in total. The summed E-state index contributed by atoms with van der Waals surface area (Å²) in [6.07, 6.45) is 0.